The lowest BCUT2D eigenvalue weighted by Gasteiger charge is -2.13. The zero-order chi connectivity index (χ0) is 19.3. The number of anilines is 1. The molecule has 2 rings (SSSR count). The minimum atomic E-state index is -0.244. The molecule has 0 bridgehead atoms. The number of rotatable bonds is 6. The molecule has 1 N–H and O–H groups in total. The third kappa shape index (κ3) is 5.09. The average Bonchev–Trinajstić information content (AvgIpc) is 2.60. The summed E-state index contributed by atoms with van der Waals surface area (Å²) < 4.78 is 5.68. The van der Waals surface area contributed by atoms with Crippen LogP contribution in [0.3, 0.4) is 0 Å². The SMILES string of the molecule is Cc1ccc(C(C)C)cc1OCC(=O)Nc1ccc(C(=O)N(C)C)cc1. The van der Waals surface area contributed by atoms with Crippen LogP contribution in [-0.2, 0) is 4.79 Å². The van der Waals surface area contributed by atoms with Crippen LogP contribution in [0, 0.1) is 6.92 Å². The van der Waals surface area contributed by atoms with Gasteiger partial charge >= 0.3 is 0 Å². The molecule has 0 radical (unpaired) electrons. The van der Waals surface area contributed by atoms with Gasteiger partial charge < -0.3 is 15.0 Å². The topological polar surface area (TPSA) is 58.6 Å². The van der Waals surface area contributed by atoms with Gasteiger partial charge in [0.25, 0.3) is 11.8 Å². The summed E-state index contributed by atoms with van der Waals surface area (Å²) in [7, 11) is 3.40. The number of ether oxygens (including phenoxy) is 1. The van der Waals surface area contributed by atoms with E-state index in [2.05, 4.69) is 25.2 Å². The number of aryl methyl sites for hydroxylation is 1. The largest absolute Gasteiger partial charge is 0.483 e. The molecule has 2 aromatic rings. The maximum Gasteiger partial charge on any atom is 0.262 e. The number of carbonyl (C=O) groups excluding carboxylic acids is 2. The Labute approximate surface area is 155 Å². The minimum Gasteiger partial charge on any atom is -0.483 e. The van der Waals surface area contributed by atoms with Crippen LogP contribution in [0.4, 0.5) is 5.69 Å². The Morgan fingerprint density at radius 3 is 2.31 bits per heavy atom. The van der Waals surface area contributed by atoms with Crippen LogP contribution in [0.5, 0.6) is 5.75 Å². The molecule has 0 aliphatic heterocycles. The lowest BCUT2D eigenvalue weighted by atomic mass is 10.0. The summed E-state index contributed by atoms with van der Waals surface area (Å²) in [6, 6.07) is 12.9. The molecule has 0 fully saturated rings. The van der Waals surface area contributed by atoms with Gasteiger partial charge in [-0.05, 0) is 54.3 Å². The van der Waals surface area contributed by atoms with Crippen molar-refractivity contribution < 1.29 is 14.3 Å². The summed E-state index contributed by atoms with van der Waals surface area (Å²) in [6.45, 7) is 6.12. The average molecular weight is 354 g/mol. The van der Waals surface area contributed by atoms with E-state index in [1.54, 1.807) is 38.4 Å². The van der Waals surface area contributed by atoms with E-state index in [-0.39, 0.29) is 18.4 Å². The lowest BCUT2D eigenvalue weighted by molar-refractivity contribution is -0.118. The molecule has 5 nitrogen and oxygen atoms in total. The van der Waals surface area contributed by atoms with Crippen LogP contribution in [0.2, 0.25) is 0 Å². The first-order valence-electron chi connectivity index (χ1n) is 8.63. The van der Waals surface area contributed by atoms with Crippen molar-refractivity contribution in [3.05, 3.63) is 59.2 Å². The highest BCUT2D eigenvalue weighted by molar-refractivity contribution is 5.95. The number of benzene rings is 2. The van der Waals surface area contributed by atoms with E-state index in [0.717, 1.165) is 11.3 Å². The standard InChI is InChI=1S/C21H26N2O3/c1-14(2)17-7-6-15(3)19(12-17)26-13-20(24)22-18-10-8-16(9-11-18)21(25)23(4)5/h6-12,14H,13H2,1-5H3,(H,22,24). The van der Waals surface area contributed by atoms with Crippen LogP contribution in [0.25, 0.3) is 0 Å². The second-order valence-corrected chi connectivity index (χ2v) is 6.79. The van der Waals surface area contributed by atoms with Crippen molar-refractivity contribution in [2.45, 2.75) is 26.7 Å². The Balaban J connectivity index is 1.95. The van der Waals surface area contributed by atoms with Crippen molar-refractivity contribution in [1.82, 2.24) is 4.90 Å². The molecule has 0 aromatic heterocycles. The first-order chi connectivity index (χ1) is 12.3. The third-order valence-corrected chi connectivity index (χ3v) is 4.06. The molecule has 2 amide bonds. The number of hydrogen-bond acceptors (Lipinski definition) is 3. The summed E-state index contributed by atoms with van der Waals surface area (Å²) >= 11 is 0. The number of carbonyl (C=O) groups is 2. The van der Waals surface area contributed by atoms with Gasteiger partial charge in [-0.15, -0.1) is 0 Å². The normalized spacial score (nSPS) is 10.5. The Hall–Kier alpha value is -2.82. The van der Waals surface area contributed by atoms with E-state index in [1.165, 1.54) is 10.5 Å². The zero-order valence-electron chi connectivity index (χ0n) is 16.0. The second kappa shape index (κ2) is 8.52. The quantitative estimate of drug-likeness (QED) is 0.857. The Kier molecular flexibility index (Phi) is 6.39. The predicted octanol–water partition coefficient (Wildman–Crippen LogP) is 3.84. The van der Waals surface area contributed by atoms with E-state index < -0.39 is 0 Å². The molecule has 0 aliphatic carbocycles. The molecule has 0 saturated carbocycles. The fourth-order valence-corrected chi connectivity index (χ4v) is 2.43. The van der Waals surface area contributed by atoms with Crippen LogP contribution in [0.1, 0.15) is 41.3 Å². The molecule has 2 aromatic carbocycles. The summed E-state index contributed by atoms with van der Waals surface area (Å²) in [6.07, 6.45) is 0. The molecule has 0 saturated heterocycles. The third-order valence-electron chi connectivity index (χ3n) is 4.06. The summed E-state index contributed by atoms with van der Waals surface area (Å²) in [5, 5.41) is 2.78. The Morgan fingerprint density at radius 2 is 1.73 bits per heavy atom. The zero-order valence-corrected chi connectivity index (χ0v) is 16.0. The highest BCUT2D eigenvalue weighted by Gasteiger charge is 2.10. The Bertz CT molecular complexity index is 780. The second-order valence-electron chi connectivity index (χ2n) is 6.79. The molecular weight excluding hydrogens is 328 g/mol. The summed E-state index contributed by atoms with van der Waals surface area (Å²) in [4.78, 5) is 25.5. The highest BCUT2D eigenvalue weighted by Crippen LogP contribution is 2.24. The van der Waals surface area contributed by atoms with Gasteiger partial charge in [0.15, 0.2) is 6.61 Å². The number of amides is 2. The van der Waals surface area contributed by atoms with Crippen molar-refractivity contribution in [2.24, 2.45) is 0 Å². The van der Waals surface area contributed by atoms with E-state index in [0.29, 0.717) is 17.2 Å². The molecule has 0 spiro atoms. The fraction of sp³-hybridized carbons (Fsp3) is 0.333. The van der Waals surface area contributed by atoms with Gasteiger partial charge in [-0.25, -0.2) is 0 Å². The minimum absolute atomic E-state index is 0.0687. The van der Waals surface area contributed by atoms with Crippen molar-refractivity contribution in [3.63, 3.8) is 0 Å². The van der Waals surface area contributed by atoms with Gasteiger partial charge in [-0.3, -0.25) is 9.59 Å². The monoisotopic (exact) mass is 354 g/mol. The smallest absolute Gasteiger partial charge is 0.262 e. The van der Waals surface area contributed by atoms with Gasteiger partial charge in [0.2, 0.25) is 0 Å². The number of nitrogens with zero attached hydrogens (tertiary/aromatic N) is 1. The van der Waals surface area contributed by atoms with Crippen LogP contribution in [0.15, 0.2) is 42.5 Å². The van der Waals surface area contributed by atoms with Crippen LogP contribution < -0.4 is 10.1 Å². The van der Waals surface area contributed by atoms with Gasteiger partial charge in [0.1, 0.15) is 5.75 Å². The van der Waals surface area contributed by atoms with E-state index >= 15 is 0 Å². The molecule has 0 heterocycles. The van der Waals surface area contributed by atoms with Crippen molar-refractivity contribution >= 4 is 17.5 Å². The predicted molar refractivity (Wildman–Crippen MR) is 104 cm³/mol. The first-order valence-corrected chi connectivity index (χ1v) is 8.63. The van der Waals surface area contributed by atoms with Gasteiger partial charge in [0.05, 0.1) is 0 Å². The fourth-order valence-electron chi connectivity index (χ4n) is 2.43. The van der Waals surface area contributed by atoms with Gasteiger partial charge in [-0.1, -0.05) is 26.0 Å². The van der Waals surface area contributed by atoms with Gasteiger partial charge in [0, 0.05) is 25.3 Å². The molecule has 0 aliphatic rings. The summed E-state index contributed by atoms with van der Waals surface area (Å²) in [5.74, 6) is 0.797. The lowest BCUT2D eigenvalue weighted by Crippen LogP contribution is -2.22. The molecule has 5 heteroatoms. The molecule has 0 atom stereocenters. The van der Waals surface area contributed by atoms with Crippen molar-refractivity contribution in [1.29, 1.82) is 0 Å². The van der Waals surface area contributed by atoms with E-state index in [9.17, 15) is 9.59 Å². The first kappa shape index (κ1) is 19.5. The van der Waals surface area contributed by atoms with E-state index in [4.69, 9.17) is 4.74 Å². The number of hydrogen-bond donors (Lipinski definition) is 1. The molecule has 138 valence electrons. The van der Waals surface area contributed by atoms with Crippen LogP contribution >= 0.6 is 0 Å². The number of nitrogens with one attached hydrogen (secondary N) is 1. The molecule has 0 unspecified atom stereocenters. The maximum absolute atomic E-state index is 12.1. The van der Waals surface area contributed by atoms with Gasteiger partial charge in [-0.2, -0.15) is 0 Å². The molecular formula is C21H26N2O3. The maximum atomic E-state index is 12.1. The molecule has 26 heavy (non-hydrogen) atoms. The van der Waals surface area contributed by atoms with Crippen molar-refractivity contribution in [3.8, 4) is 5.75 Å². The van der Waals surface area contributed by atoms with E-state index in [1.807, 2.05) is 19.1 Å². The Morgan fingerprint density at radius 1 is 1.08 bits per heavy atom. The summed E-state index contributed by atoms with van der Waals surface area (Å²) in [5.41, 5.74) is 3.37. The van der Waals surface area contributed by atoms with Crippen molar-refractivity contribution in [2.75, 3.05) is 26.0 Å². The van der Waals surface area contributed by atoms with Crippen LogP contribution in [-0.4, -0.2) is 37.4 Å². The highest BCUT2D eigenvalue weighted by atomic mass is 16.5.